The molecule has 0 saturated carbocycles. The molecule has 164 valence electrons. The molecule has 1 aliphatic rings. The van der Waals surface area contributed by atoms with Crippen LogP contribution in [-0.2, 0) is 4.79 Å². The highest BCUT2D eigenvalue weighted by Gasteiger charge is 2.24. The van der Waals surface area contributed by atoms with Gasteiger partial charge >= 0.3 is 0 Å². The Balaban J connectivity index is 1.66. The van der Waals surface area contributed by atoms with Crippen LogP contribution in [0.25, 0.3) is 0 Å². The van der Waals surface area contributed by atoms with Crippen LogP contribution in [0.3, 0.4) is 0 Å². The van der Waals surface area contributed by atoms with Crippen molar-refractivity contribution in [3.8, 4) is 0 Å². The zero-order valence-corrected chi connectivity index (χ0v) is 18.5. The van der Waals surface area contributed by atoms with Crippen molar-refractivity contribution in [2.45, 2.75) is 46.1 Å². The summed E-state index contributed by atoms with van der Waals surface area (Å²) in [5, 5.41) is 5.76. The summed E-state index contributed by atoms with van der Waals surface area (Å²) in [4.78, 5) is 40.0. The fourth-order valence-electron chi connectivity index (χ4n) is 3.79. The number of likely N-dealkylation sites (tertiary alicyclic amines) is 1. The molecule has 6 heteroatoms. The molecule has 1 fully saturated rings. The van der Waals surface area contributed by atoms with Gasteiger partial charge in [-0.05, 0) is 68.0 Å². The zero-order valence-electron chi connectivity index (χ0n) is 18.5. The zero-order chi connectivity index (χ0) is 22.4. The maximum Gasteiger partial charge on any atom is 0.253 e. The predicted molar refractivity (Wildman–Crippen MR) is 122 cm³/mol. The van der Waals surface area contributed by atoms with Gasteiger partial charge in [0.1, 0.15) is 6.04 Å². The van der Waals surface area contributed by atoms with Crippen LogP contribution in [0.1, 0.15) is 59.4 Å². The van der Waals surface area contributed by atoms with Crippen molar-refractivity contribution in [2.24, 2.45) is 5.92 Å². The van der Waals surface area contributed by atoms with Crippen molar-refractivity contribution >= 4 is 23.4 Å². The van der Waals surface area contributed by atoms with Gasteiger partial charge in [0.25, 0.3) is 11.8 Å². The van der Waals surface area contributed by atoms with Gasteiger partial charge in [-0.1, -0.05) is 32.0 Å². The summed E-state index contributed by atoms with van der Waals surface area (Å²) >= 11 is 0. The third-order valence-corrected chi connectivity index (χ3v) is 5.51. The minimum absolute atomic E-state index is 0.0264. The van der Waals surface area contributed by atoms with Crippen LogP contribution in [-0.4, -0.2) is 41.8 Å². The van der Waals surface area contributed by atoms with Crippen LogP contribution in [0, 0.1) is 12.8 Å². The molecule has 0 radical (unpaired) electrons. The molecule has 0 spiro atoms. The van der Waals surface area contributed by atoms with Crippen molar-refractivity contribution in [3.63, 3.8) is 0 Å². The highest BCUT2D eigenvalue weighted by molar-refractivity contribution is 6.02. The molecule has 0 aliphatic carbocycles. The molecular weight excluding hydrogens is 390 g/mol. The lowest BCUT2D eigenvalue weighted by atomic mass is 10.0. The average molecular weight is 422 g/mol. The first-order chi connectivity index (χ1) is 14.8. The van der Waals surface area contributed by atoms with Crippen LogP contribution in [0.4, 0.5) is 5.69 Å². The maximum absolute atomic E-state index is 12.9. The number of nitrogens with one attached hydrogen (secondary N) is 2. The van der Waals surface area contributed by atoms with E-state index in [1.54, 1.807) is 30.3 Å². The molecular formula is C25H31N3O3. The fourth-order valence-corrected chi connectivity index (χ4v) is 3.79. The van der Waals surface area contributed by atoms with E-state index >= 15 is 0 Å². The van der Waals surface area contributed by atoms with Crippen molar-refractivity contribution in [1.82, 2.24) is 10.2 Å². The van der Waals surface area contributed by atoms with Gasteiger partial charge in [-0.3, -0.25) is 14.4 Å². The number of nitrogens with zero attached hydrogens (tertiary/aromatic N) is 1. The second kappa shape index (κ2) is 10.2. The summed E-state index contributed by atoms with van der Waals surface area (Å²) < 4.78 is 0. The predicted octanol–water partition coefficient (Wildman–Crippen LogP) is 4.01. The first-order valence-corrected chi connectivity index (χ1v) is 10.9. The van der Waals surface area contributed by atoms with Crippen LogP contribution in [0.15, 0.2) is 48.5 Å². The Morgan fingerprint density at radius 2 is 1.61 bits per heavy atom. The number of carbonyl (C=O) groups is 3. The number of anilines is 1. The molecule has 1 unspecified atom stereocenters. The van der Waals surface area contributed by atoms with Crippen LogP contribution in [0.5, 0.6) is 0 Å². The quantitative estimate of drug-likeness (QED) is 0.709. The van der Waals surface area contributed by atoms with Gasteiger partial charge in [-0.2, -0.15) is 0 Å². The number of carbonyl (C=O) groups excluding carboxylic acids is 3. The van der Waals surface area contributed by atoms with Gasteiger partial charge in [0.15, 0.2) is 0 Å². The molecule has 1 atom stereocenters. The third-order valence-electron chi connectivity index (χ3n) is 5.51. The number of aryl methyl sites for hydroxylation is 1. The second-order valence-corrected chi connectivity index (χ2v) is 8.54. The van der Waals surface area contributed by atoms with Gasteiger partial charge in [0, 0.05) is 29.9 Å². The number of rotatable bonds is 7. The van der Waals surface area contributed by atoms with E-state index in [0.717, 1.165) is 31.5 Å². The Kier molecular flexibility index (Phi) is 7.45. The number of benzene rings is 2. The van der Waals surface area contributed by atoms with E-state index in [1.165, 1.54) is 0 Å². The minimum Gasteiger partial charge on any atom is -0.340 e. The van der Waals surface area contributed by atoms with Gasteiger partial charge < -0.3 is 15.5 Å². The standard InChI is InChI=1S/C25H31N3O3/c1-17(2)16-22(27-23(29)21-9-5-4-8-18(21)3)24(30)26-20-12-10-19(11-13-20)25(31)28-14-6-7-15-28/h4-5,8-13,17,22H,6-7,14-16H2,1-3H3,(H,26,30)(H,27,29). The lowest BCUT2D eigenvalue weighted by molar-refractivity contribution is -0.118. The van der Waals surface area contributed by atoms with E-state index in [9.17, 15) is 14.4 Å². The molecule has 3 rings (SSSR count). The van der Waals surface area contributed by atoms with Crippen LogP contribution >= 0.6 is 0 Å². The Labute approximate surface area is 184 Å². The van der Waals surface area contributed by atoms with Gasteiger partial charge in [-0.15, -0.1) is 0 Å². The summed E-state index contributed by atoms with van der Waals surface area (Å²) in [6.07, 6.45) is 2.62. The molecule has 3 amide bonds. The molecule has 0 aromatic heterocycles. The van der Waals surface area contributed by atoms with Crippen molar-refractivity contribution < 1.29 is 14.4 Å². The third kappa shape index (κ3) is 5.94. The molecule has 0 bridgehead atoms. The lowest BCUT2D eigenvalue weighted by Gasteiger charge is -2.21. The number of hydrogen-bond acceptors (Lipinski definition) is 3. The minimum atomic E-state index is -0.655. The molecule has 1 heterocycles. The SMILES string of the molecule is Cc1ccccc1C(=O)NC(CC(C)C)C(=O)Nc1ccc(C(=O)N2CCCC2)cc1. The molecule has 2 N–H and O–H groups in total. The Bertz CT molecular complexity index is 931. The lowest BCUT2D eigenvalue weighted by Crippen LogP contribution is -2.44. The fraction of sp³-hybridized carbons (Fsp3) is 0.400. The summed E-state index contributed by atoms with van der Waals surface area (Å²) in [5.74, 6) is -0.272. The molecule has 2 aromatic carbocycles. The monoisotopic (exact) mass is 421 g/mol. The van der Waals surface area contributed by atoms with Crippen molar-refractivity contribution in [2.75, 3.05) is 18.4 Å². The number of amides is 3. The summed E-state index contributed by atoms with van der Waals surface area (Å²) in [6, 6.07) is 13.6. The van der Waals surface area contributed by atoms with Crippen molar-refractivity contribution in [1.29, 1.82) is 0 Å². The van der Waals surface area contributed by atoms with Crippen LogP contribution in [0.2, 0.25) is 0 Å². The first-order valence-electron chi connectivity index (χ1n) is 10.9. The number of hydrogen-bond donors (Lipinski definition) is 2. The highest BCUT2D eigenvalue weighted by Crippen LogP contribution is 2.17. The molecule has 2 aromatic rings. The van der Waals surface area contributed by atoms with E-state index in [0.29, 0.717) is 23.2 Å². The average Bonchev–Trinajstić information content (AvgIpc) is 3.28. The first kappa shape index (κ1) is 22.5. The van der Waals surface area contributed by atoms with E-state index in [1.807, 2.05) is 43.9 Å². The molecule has 1 saturated heterocycles. The van der Waals surface area contributed by atoms with E-state index in [4.69, 9.17) is 0 Å². The normalized spacial score (nSPS) is 14.4. The van der Waals surface area contributed by atoms with E-state index in [2.05, 4.69) is 10.6 Å². The molecule has 1 aliphatic heterocycles. The van der Waals surface area contributed by atoms with E-state index < -0.39 is 6.04 Å². The Morgan fingerprint density at radius 3 is 2.23 bits per heavy atom. The van der Waals surface area contributed by atoms with Crippen molar-refractivity contribution in [3.05, 3.63) is 65.2 Å². The largest absolute Gasteiger partial charge is 0.340 e. The Hall–Kier alpha value is -3.15. The summed E-state index contributed by atoms with van der Waals surface area (Å²) in [7, 11) is 0. The molecule has 31 heavy (non-hydrogen) atoms. The van der Waals surface area contributed by atoms with Crippen LogP contribution < -0.4 is 10.6 Å². The second-order valence-electron chi connectivity index (χ2n) is 8.54. The van der Waals surface area contributed by atoms with E-state index in [-0.39, 0.29) is 23.6 Å². The summed E-state index contributed by atoms with van der Waals surface area (Å²) in [5.41, 5.74) is 2.64. The Morgan fingerprint density at radius 1 is 0.968 bits per heavy atom. The topological polar surface area (TPSA) is 78.5 Å². The van der Waals surface area contributed by atoms with Gasteiger partial charge in [-0.25, -0.2) is 0 Å². The van der Waals surface area contributed by atoms with Gasteiger partial charge in [0.05, 0.1) is 0 Å². The van der Waals surface area contributed by atoms with Gasteiger partial charge in [0.2, 0.25) is 5.91 Å². The highest BCUT2D eigenvalue weighted by atomic mass is 16.2. The summed E-state index contributed by atoms with van der Waals surface area (Å²) in [6.45, 7) is 7.50. The maximum atomic E-state index is 12.9. The molecule has 6 nitrogen and oxygen atoms in total. The smallest absolute Gasteiger partial charge is 0.253 e.